The molecule has 1 fully saturated rings. The number of carbonyl (C=O) groups excluding carboxylic acids is 1. The summed E-state index contributed by atoms with van der Waals surface area (Å²) in [4.78, 5) is 13.4. The van der Waals surface area contributed by atoms with Gasteiger partial charge in [0.25, 0.3) is 0 Å². The Labute approximate surface area is 95.7 Å². The van der Waals surface area contributed by atoms with Gasteiger partial charge in [-0.1, -0.05) is 17.7 Å². The molecule has 1 aromatic carbocycles. The highest BCUT2D eigenvalue weighted by molar-refractivity contribution is 5.97. The Kier molecular flexibility index (Phi) is 2.72. The van der Waals surface area contributed by atoms with E-state index in [1.165, 1.54) is 5.56 Å². The molecular formula is C13H17NO2. The van der Waals surface area contributed by atoms with Crippen molar-refractivity contribution in [2.45, 2.75) is 33.3 Å². The largest absolute Gasteiger partial charge is 0.391 e. The van der Waals surface area contributed by atoms with E-state index >= 15 is 0 Å². The van der Waals surface area contributed by atoms with Gasteiger partial charge in [-0.15, -0.1) is 0 Å². The van der Waals surface area contributed by atoms with Gasteiger partial charge in [-0.25, -0.2) is 0 Å². The summed E-state index contributed by atoms with van der Waals surface area (Å²) in [6, 6.07) is 4.14. The first-order chi connectivity index (χ1) is 7.49. The van der Waals surface area contributed by atoms with Gasteiger partial charge in [-0.3, -0.25) is 4.79 Å². The van der Waals surface area contributed by atoms with Crippen LogP contribution >= 0.6 is 0 Å². The number of nitrogens with zero attached hydrogens (tertiary/aromatic N) is 1. The van der Waals surface area contributed by atoms with Crippen molar-refractivity contribution >= 4 is 11.6 Å². The molecule has 0 saturated carbocycles. The maximum Gasteiger partial charge on any atom is 0.229 e. The third-order valence-corrected chi connectivity index (χ3v) is 3.01. The highest BCUT2D eigenvalue weighted by atomic mass is 16.3. The first kappa shape index (κ1) is 11.1. The topological polar surface area (TPSA) is 40.5 Å². The number of benzene rings is 1. The highest BCUT2D eigenvalue weighted by Crippen LogP contribution is 2.29. The zero-order chi connectivity index (χ0) is 11.9. The number of amides is 1. The second-order valence-corrected chi connectivity index (χ2v) is 4.61. The molecule has 0 bridgehead atoms. The van der Waals surface area contributed by atoms with Crippen LogP contribution in [0.3, 0.4) is 0 Å². The van der Waals surface area contributed by atoms with Crippen LogP contribution in [0, 0.1) is 20.8 Å². The summed E-state index contributed by atoms with van der Waals surface area (Å²) < 4.78 is 0. The van der Waals surface area contributed by atoms with Gasteiger partial charge in [0.15, 0.2) is 0 Å². The fourth-order valence-electron chi connectivity index (χ4n) is 2.50. The highest BCUT2D eigenvalue weighted by Gasteiger charge is 2.30. The fraction of sp³-hybridized carbons (Fsp3) is 0.462. The average molecular weight is 219 g/mol. The average Bonchev–Trinajstić information content (AvgIpc) is 2.43. The lowest BCUT2D eigenvalue weighted by Gasteiger charge is -2.21. The number of hydrogen-bond acceptors (Lipinski definition) is 2. The van der Waals surface area contributed by atoms with E-state index in [4.69, 9.17) is 0 Å². The molecule has 1 unspecified atom stereocenters. The first-order valence-corrected chi connectivity index (χ1v) is 5.55. The van der Waals surface area contributed by atoms with Gasteiger partial charge in [0.2, 0.25) is 5.91 Å². The molecule has 0 spiro atoms. The Hall–Kier alpha value is -1.35. The molecular weight excluding hydrogens is 202 g/mol. The first-order valence-electron chi connectivity index (χ1n) is 5.55. The van der Waals surface area contributed by atoms with E-state index in [1.807, 2.05) is 20.8 Å². The van der Waals surface area contributed by atoms with Crippen LogP contribution in [0.5, 0.6) is 0 Å². The maximum atomic E-state index is 11.7. The van der Waals surface area contributed by atoms with E-state index in [1.54, 1.807) is 4.90 Å². The van der Waals surface area contributed by atoms with Crippen LogP contribution in [-0.4, -0.2) is 23.7 Å². The van der Waals surface area contributed by atoms with Crippen molar-refractivity contribution in [2.24, 2.45) is 0 Å². The number of carbonyl (C=O) groups is 1. The summed E-state index contributed by atoms with van der Waals surface area (Å²) >= 11 is 0. The number of β-amino-alcohol motifs (C(OH)–C–C–N with tert-alkyl or cyclic N) is 1. The standard InChI is InChI=1S/C13H17NO2/c1-8-4-9(2)13(10(3)5-8)14-7-11(15)6-12(14)16/h4-5,11,15H,6-7H2,1-3H3. The molecule has 1 aromatic rings. The molecule has 0 aliphatic carbocycles. The number of aliphatic hydroxyl groups is 1. The van der Waals surface area contributed by atoms with Crippen molar-refractivity contribution in [3.8, 4) is 0 Å². The van der Waals surface area contributed by atoms with Crippen LogP contribution in [0.1, 0.15) is 23.1 Å². The lowest BCUT2D eigenvalue weighted by atomic mass is 10.0. The summed E-state index contributed by atoms with van der Waals surface area (Å²) in [7, 11) is 0. The SMILES string of the molecule is Cc1cc(C)c(N2CC(O)CC2=O)c(C)c1. The number of aryl methyl sites for hydroxylation is 3. The zero-order valence-corrected chi connectivity index (χ0v) is 9.95. The quantitative estimate of drug-likeness (QED) is 0.781. The molecule has 16 heavy (non-hydrogen) atoms. The molecule has 1 heterocycles. The van der Waals surface area contributed by atoms with Gasteiger partial charge >= 0.3 is 0 Å². The minimum Gasteiger partial charge on any atom is -0.391 e. The van der Waals surface area contributed by atoms with Crippen LogP contribution in [0.25, 0.3) is 0 Å². The van der Waals surface area contributed by atoms with Gasteiger partial charge in [-0.2, -0.15) is 0 Å². The molecule has 86 valence electrons. The summed E-state index contributed by atoms with van der Waals surface area (Å²) in [6.07, 6.45) is -0.278. The summed E-state index contributed by atoms with van der Waals surface area (Å²) in [6.45, 7) is 6.48. The van der Waals surface area contributed by atoms with Gasteiger partial charge in [0.05, 0.1) is 19.1 Å². The van der Waals surface area contributed by atoms with Gasteiger partial charge in [0.1, 0.15) is 0 Å². The Morgan fingerprint density at radius 3 is 2.25 bits per heavy atom. The van der Waals surface area contributed by atoms with E-state index in [2.05, 4.69) is 12.1 Å². The van der Waals surface area contributed by atoms with Crippen LogP contribution in [0.4, 0.5) is 5.69 Å². The van der Waals surface area contributed by atoms with Crippen molar-refractivity contribution in [1.29, 1.82) is 0 Å². The predicted molar refractivity (Wildman–Crippen MR) is 63.6 cm³/mol. The Morgan fingerprint density at radius 2 is 1.81 bits per heavy atom. The minimum absolute atomic E-state index is 0.0163. The van der Waals surface area contributed by atoms with E-state index in [0.29, 0.717) is 6.54 Å². The van der Waals surface area contributed by atoms with E-state index in [0.717, 1.165) is 16.8 Å². The second-order valence-electron chi connectivity index (χ2n) is 4.61. The van der Waals surface area contributed by atoms with Crippen molar-refractivity contribution in [3.05, 3.63) is 28.8 Å². The number of rotatable bonds is 1. The monoisotopic (exact) mass is 219 g/mol. The second kappa shape index (κ2) is 3.91. The molecule has 1 saturated heterocycles. The van der Waals surface area contributed by atoms with E-state index < -0.39 is 6.10 Å². The zero-order valence-electron chi connectivity index (χ0n) is 9.95. The van der Waals surface area contributed by atoms with Crippen molar-refractivity contribution in [3.63, 3.8) is 0 Å². The van der Waals surface area contributed by atoms with Gasteiger partial charge < -0.3 is 10.0 Å². The van der Waals surface area contributed by atoms with E-state index in [-0.39, 0.29) is 12.3 Å². The van der Waals surface area contributed by atoms with E-state index in [9.17, 15) is 9.90 Å². The molecule has 3 heteroatoms. The fourth-order valence-corrected chi connectivity index (χ4v) is 2.50. The Balaban J connectivity index is 2.44. The minimum atomic E-state index is -0.521. The smallest absolute Gasteiger partial charge is 0.229 e. The van der Waals surface area contributed by atoms with Crippen LogP contribution < -0.4 is 4.90 Å². The Bertz CT molecular complexity index is 417. The molecule has 3 nitrogen and oxygen atoms in total. The van der Waals surface area contributed by atoms with Crippen LogP contribution in [0.2, 0.25) is 0 Å². The number of hydrogen-bond donors (Lipinski definition) is 1. The normalized spacial score (nSPS) is 20.6. The Morgan fingerprint density at radius 1 is 1.25 bits per heavy atom. The molecule has 1 aliphatic heterocycles. The molecule has 2 rings (SSSR count). The number of anilines is 1. The lowest BCUT2D eigenvalue weighted by molar-refractivity contribution is -0.117. The maximum absolute atomic E-state index is 11.7. The molecule has 1 amide bonds. The predicted octanol–water partition coefficient (Wildman–Crippen LogP) is 1.71. The van der Waals surface area contributed by atoms with Crippen molar-refractivity contribution < 1.29 is 9.90 Å². The van der Waals surface area contributed by atoms with Crippen LogP contribution in [0.15, 0.2) is 12.1 Å². The summed E-state index contributed by atoms with van der Waals surface area (Å²) in [5, 5.41) is 9.51. The number of aliphatic hydroxyl groups excluding tert-OH is 1. The van der Waals surface area contributed by atoms with Gasteiger partial charge in [-0.05, 0) is 31.9 Å². The summed E-state index contributed by atoms with van der Waals surface area (Å²) in [5.41, 5.74) is 4.36. The molecule has 1 aliphatic rings. The van der Waals surface area contributed by atoms with Crippen molar-refractivity contribution in [2.75, 3.05) is 11.4 Å². The third kappa shape index (κ3) is 1.83. The molecule has 1 atom stereocenters. The van der Waals surface area contributed by atoms with Gasteiger partial charge in [0, 0.05) is 5.69 Å². The summed E-state index contributed by atoms with van der Waals surface area (Å²) in [5.74, 6) is 0.0163. The molecule has 0 aromatic heterocycles. The van der Waals surface area contributed by atoms with Crippen molar-refractivity contribution in [1.82, 2.24) is 0 Å². The van der Waals surface area contributed by atoms with Crippen LogP contribution in [-0.2, 0) is 4.79 Å². The third-order valence-electron chi connectivity index (χ3n) is 3.01. The molecule has 1 N–H and O–H groups in total. The molecule has 0 radical (unpaired) electrons. The lowest BCUT2D eigenvalue weighted by Crippen LogP contribution is -2.26.